The maximum Gasteiger partial charge on any atom is 0.255 e. The first-order valence-electron chi connectivity index (χ1n) is 5.39. The number of carbonyl (C=O) groups is 2. The molecule has 0 spiro atoms. The Balaban J connectivity index is 0.00000128. The zero-order chi connectivity index (χ0) is 10.7. The summed E-state index contributed by atoms with van der Waals surface area (Å²) in [5.74, 6) is 0.0124. The smallest absolute Gasteiger partial charge is 0.255 e. The van der Waals surface area contributed by atoms with Crippen molar-refractivity contribution in [1.82, 2.24) is 10.2 Å². The Bertz CT molecular complexity index is 251. The van der Waals surface area contributed by atoms with Crippen LogP contribution in [0, 0.1) is 5.92 Å². The molecule has 0 aromatic heterocycles. The van der Waals surface area contributed by atoms with Gasteiger partial charge in [-0.3, -0.25) is 14.5 Å². The van der Waals surface area contributed by atoms with Crippen molar-refractivity contribution >= 4 is 24.2 Å². The molecule has 92 valence electrons. The van der Waals surface area contributed by atoms with Gasteiger partial charge in [-0.25, -0.2) is 0 Å². The maximum absolute atomic E-state index is 11.4. The topological polar surface area (TPSA) is 58.6 Å². The number of imide groups is 1. The van der Waals surface area contributed by atoms with Gasteiger partial charge in [-0.15, -0.1) is 12.4 Å². The van der Waals surface area contributed by atoms with Crippen LogP contribution in [0.25, 0.3) is 0 Å². The minimum Gasteiger partial charge on any atom is -0.362 e. The van der Waals surface area contributed by atoms with E-state index in [-0.39, 0.29) is 37.4 Å². The zero-order valence-electron chi connectivity index (χ0n) is 9.11. The first-order valence-corrected chi connectivity index (χ1v) is 5.39. The number of nitrogens with one attached hydrogen (secondary N) is 1. The van der Waals surface area contributed by atoms with E-state index in [1.54, 1.807) is 0 Å². The molecule has 5 nitrogen and oxygen atoms in total. The van der Waals surface area contributed by atoms with Gasteiger partial charge in [0.25, 0.3) is 11.8 Å². The van der Waals surface area contributed by atoms with Crippen LogP contribution in [0.5, 0.6) is 0 Å². The Hall–Kier alpha value is -0.650. The van der Waals surface area contributed by atoms with Gasteiger partial charge in [-0.1, -0.05) is 0 Å². The van der Waals surface area contributed by atoms with E-state index in [0.29, 0.717) is 12.5 Å². The van der Waals surface area contributed by atoms with E-state index < -0.39 is 0 Å². The van der Waals surface area contributed by atoms with Crippen LogP contribution in [0.3, 0.4) is 0 Å². The molecule has 2 fully saturated rings. The number of hydrogen-bond acceptors (Lipinski definition) is 4. The fourth-order valence-corrected chi connectivity index (χ4v) is 2.06. The largest absolute Gasteiger partial charge is 0.362 e. The molecule has 0 aliphatic carbocycles. The summed E-state index contributed by atoms with van der Waals surface area (Å²) in [6.45, 7) is 2.59. The van der Waals surface area contributed by atoms with Crippen molar-refractivity contribution in [3.8, 4) is 0 Å². The standard InChI is InChI=1S/C10H16N2O3.ClH/c13-9-6-15-7-10(14)12(9)5-8-2-1-3-11-4-8;/h8,11H,1-7H2;1H. The average molecular weight is 249 g/mol. The summed E-state index contributed by atoms with van der Waals surface area (Å²) in [6, 6.07) is 0. The van der Waals surface area contributed by atoms with Crippen molar-refractivity contribution in [3.05, 3.63) is 0 Å². The molecular formula is C10H17ClN2O3. The van der Waals surface area contributed by atoms with E-state index in [4.69, 9.17) is 4.74 Å². The van der Waals surface area contributed by atoms with Crippen LogP contribution in [-0.4, -0.2) is 49.6 Å². The third-order valence-corrected chi connectivity index (χ3v) is 2.89. The quantitative estimate of drug-likeness (QED) is 0.688. The highest BCUT2D eigenvalue weighted by Gasteiger charge is 2.29. The molecule has 1 N–H and O–H groups in total. The number of carbonyl (C=O) groups excluding carboxylic acids is 2. The van der Waals surface area contributed by atoms with Crippen LogP contribution in [0.1, 0.15) is 12.8 Å². The monoisotopic (exact) mass is 248 g/mol. The first kappa shape index (κ1) is 13.4. The van der Waals surface area contributed by atoms with Crippen molar-refractivity contribution in [2.24, 2.45) is 5.92 Å². The van der Waals surface area contributed by atoms with Gasteiger partial charge in [0.1, 0.15) is 13.2 Å². The lowest BCUT2D eigenvalue weighted by Crippen LogP contribution is -2.49. The first-order chi connectivity index (χ1) is 7.27. The van der Waals surface area contributed by atoms with E-state index in [2.05, 4.69) is 5.32 Å². The summed E-state index contributed by atoms with van der Waals surface area (Å²) in [5.41, 5.74) is 0. The van der Waals surface area contributed by atoms with Crippen LogP contribution < -0.4 is 5.32 Å². The van der Waals surface area contributed by atoms with Gasteiger partial charge < -0.3 is 10.1 Å². The van der Waals surface area contributed by atoms with E-state index in [1.807, 2.05) is 0 Å². The van der Waals surface area contributed by atoms with Crippen LogP contribution in [0.2, 0.25) is 0 Å². The fraction of sp³-hybridized carbons (Fsp3) is 0.800. The third kappa shape index (κ3) is 3.17. The molecule has 16 heavy (non-hydrogen) atoms. The summed E-state index contributed by atoms with van der Waals surface area (Å²) < 4.78 is 4.86. The summed E-state index contributed by atoms with van der Waals surface area (Å²) >= 11 is 0. The molecule has 1 atom stereocenters. The molecule has 6 heteroatoms. The number of amides is 2. The third-order valence-electron chi connectivity index (χ3n) is 2.89. The van der Waals surface area contributed by atoms with Crippen molar-refractivity contribution in [2.45, 2.75) is 12.8 Å². The number of rotatable bonds is 2. The van der Waals surface area contributed by atoms with Gasteiger partial charge in [0.2, 0.25) is 0 Å². The van der Waals surface area contributed by atoms with Gasteiger partial charge in [0, 0.05) is 6.54 Å². The second-order valence-corrected chi connectivity index (χ2v) is 4.10. The van der Waals surface area contributed by atoms with E-state index in [9.17, 15) is 9.59 Å². The average Bonchev–Trinajstić information content (AvgIpc) is 2.25. The highest BCUT2D eigenvalue weighted by Crippen LogP contribution is 2.13. The Morgan fingerprint density at radius 1 is 1.31 bits per heavy atom. The molecule has 2 rings (SSSR count). The molecule has 0 saturated carbocycles. The molecule has 0 bridgehead atoms. The highest BCUT2D eigenvalue weighted by atomic mass is 35.5. The predicted octanol–water partition coefficient (Wildman–Crippen LogP) is -0.207. The van der Waals surface area contributed by atoms with Gasteiger partial charge in [0.05, 0.1) is 0 Å². The summed E-state index contributed by atoms with van der Waals surface area (Å²) in [6.07, 6.45) is 2.21. The number of morpholine rings is 1. The number of nitrogens with zero attached hydrogens (tertiary/aromatic N) is 1. The van der Waals surface area contributed by atoms with E-state index >= 15 is 0 Å². The van der Waals surface area contributed by atoms with Gasteiger partial charge in [-0.2, -0.15) is 0 Å². The normalized spacial score (nSPS) is 26.5. The molecule has 1 unspecified atom stereocenters. The van der Waals surface area contributed by atoms with E-state index in [0.717, 1.165) is 25.9 Å². The maximum atomic E-state index is 11.4. The molecule has 2 heterocycles. The molecule has 2 aliphatic heterocycles. The lowest BCUT2D eigenvalue weighted by Gasteiger charge is -2.30. The SMILES string of the molecule is Cl.O=C1COCC(=O)N1CC1CCCNC1. The van der Waals surface area contributed by atoms with Crippen LogP contribution in [0.4, 0.5) is 0 Å². The van der Waals surface area contributed by atoms with Crippen molar-refractivity contribution < 1.29 is 14.3 Å². The number of halogens is 1. The second-order valence-electron chi connectivity index (χ2n) is 4.10. The Labute approximate surface area is 101 Å². The zero-order valence-corrected chi connectivity index (χ0v) is 9.92. The number of hydrogen-bond donors (Lipinski definition) is 1. The number of piperidine rings is 1. The minimum atomic E-state index is -0.197. The molecule has 2 saturated heterocycles. The Kier molecular flexibility index (Phi) is 5.18. The summed E-state index contributed by atoms with van der Waals surface area (Å²) in [5, 5.41) is 3.27. The summed E-state index contributed by atoms with van der Waals surface area (Å²) in [4.78, 5) is 24.2. The van der Waals surface area contributed by atoms with Crippen LogP contribution >= 0.6 is 12.4 Å². The molecule has 0 aromatic rings. The highest BCUT2D eigenvalue weighted by molar-refractivity contribution is 5.98. The van der Waals surface area contributed by atoms with Crippen molar-refractivity contribution in [2.75, 3.05) is 32.8 Å². The van der Waals surface area contributed by atoms with Crippen LogP contribution in [0.15, 0.2) is 0 Å². The minimum absolute atomic E-state index is 0. The van der Waals surface area contributed by atoms with Crippen LogP contribution in [-0.2, 0) is 14.3 Å². The lowest BCUT2D eigenvalue weighted by atomic mass is 9.99. The van der Waals surface area contributed by atoms with E-state index in [1.165, 1.54) is 4.90 Å². The van der Waals surface area contributed by atoms with Crippen molar-refractivity contribution in [3.63, 3.8) is 0 Å². The summed E-state index contributed by atoms with van der Waals surface area (Å²) in [7, 11) is 0. The lowest BCUT2D eigenvalue weighted by molar-refractivity contribution is -0.159. The van der Waals surface area contributed by atoms with Gasteiger partial charge in [-0.05, 0) is 31.8 Å². The molecule has 2 aliphatic rings. The second kappa shape index (κ2) is 6.18. The molecule has 2 amide bonds. The van der Waals surface area contributed by atoms with Crippen molar-refractivity contribution in [1.29, 1.82) is 0 Å². The molecular weight excluding hydrogens is 232 g/mol. The molecule has 0 radical (unpaired) electrons. The number of ether oxygens (including phenoxy) is 1. The fourth-order valence-electron chi connectivity index (χ4n) is 2.06. The van der Waals surface area contributed by atoms with Gasteiger partial charge >= 0.3 is 0 Å². The predicted molar refractivity (Wildman–Crippen MR) is 60.4 cm³/mol. The Morgan fingerprint density at radius 2 is 2.00 bits per heavy atom. The molecule has 0 aromatic carbocycles. The Morgan fingerprint density at radius 3 is 2.56 bits per heavy atom. The van der Waals surface area contributed by atoms with Gasteiger partial charge in [0.15, 0.2) is 0 Å².